The van der Waals surface area contributed by atoms with Crippen LogP contribution in [-0.4, -0.2) is 40.0 Å². The summed E-state index contributed by atoms with van der Waals surface area (Å²) in [6.07, 6.45) is -0.997. The summed E-state index contributed by atoms with van der Waals surface area (Å²) in [5.41, 5.74) is -0.583. The van der Waals surface area contributed by atoms with Gasteiger partial charge < -0.3 is 19.8 Å². The molecule has 0 aromatic carbocycles. The van der Waals surface area contributed by atoms with Gasteiger partial charge in [0.2, 0.25) is 0 Å². The molecule has 106 valence electrons. The third-order valence-electron chi connectivity index (χ3n) is 1.68. The predicted octanol–water partition coefficient (Wildman–Crippen LogP) is 1.04. The third-order valence-corrected chi connectivity index (χ3v) is 2.45. The van der Waals surface area contributed by atoms with Crippen molar-refractivity contribution in [2.45, 2.75) is 39.2 Å². The zero-order valence-electron chi connectivity index (χ0n) is 10.8. The maximum atomic E-state index is 11.2. The Bertz CT molecular complexity index is 343. The van der Waals surface area contributed by atoms with Crippen LogP contribution in [0.25, 0.3) is 0 Å². The number of hydrogen-bond acceptors (Lipinski definition) is 4. The van der Waals surface area contributed by atoms with Crippen LogP contribution in [0.2, 0.25) is 0 Å². The second kappa shape index (κ2) is 6.87. The lowest BCUT2D eigenvalue weighted by atomic mass is 10.2. The Morgan fingerprint density at radius 3 is 2.28 bits per heavy atom. The van der Waals surface area contributed by atoms with Crippen molar-refractivity contribution >= 4 is 19.5 Å². The van der Waals surface area contributed by atoms with E-state index in [0.29, 0.717) is 6.42 Å². The molecule has 0 atom stereocenters. The summed E-state index contributed by atoms with van der Waals surface area (Å²) < 4.78 is 15.5. The number of nitrogens with one attached hydrogen (secondary N) is 1. The molecule has 0 spiro atoms. The second-order valence-corrected chi connectivity index (χ2v) is 6.54. The Labute approximate surface area is 106 Å². The SMILES string of the molecule is CC(C)(C)OC(=O)NCCCC(=O)CP(=O)(O)O. The number of amides is 1. The molecule has 7 nitrogen and oxygen atoms in total. The first-order chi connectivity index (χ1) is 7.99. The van der Waals surface area contributed by atoms with E-state index in [-0.39, 0.29) is 13.0 Å². The van der Waals surface area contributed by atoms with Crippen molar-refractivity contribution < 1.29 is 28.7 Å². The zero-order valence-corrected chi connectivity index (χ0v) is 11.7. The minimum absolute atomic E-state index is 0.0148. The molecule has 8 heteroatoms. The first kappa shape index (κ1) is 17.1. The van der Waals surface area contributed by atoms with E-state index in [9.17, 15) is 14.2 Å². The fourth-order valence-electron chi connectivity index (χ4n) is 1.10. The van der Waals surface area contributed by atoms with Crippen molar-refractivity contribution in [2.24, 2.45) is 0 Å². The molecule has 0 fully saturated rings. The number of ether oxygens (including phenoxy) is 1. The van der Waals surface area contributed by atoms with Crippen LogP contribution in [0.5, 0.6) is 0 Å². The lowest BCUT2D eigenvalue weighted by Crippen LogP contribution is -2.33. The highest BCUT2D eigenvalue weighted by atomic mass is 31.2. The van der Waals surface area contributed by atoms with Crippen LogP contribution in [0.1, 0.15) is 33.6 Å². The van der Waals surface area contributed by atoms with Gasteiger partial charge in [-0.2, -0.15) is 0 Å². The van der Waals surface area contributed by atoms with Gasteiger partial charge >= 0.3 is 13.7 Å². The van der Waals surface area contributed by atoms with Crippen LogP contribution in [0.4, 0.5) is 4.79 Å². The Kier molecular flexibility index (Phi) is 6.52. The molecule has 0 aliphatic heterocycles. The van der Waals surface area contributed by atoms with Crippen molar-refractivity contribution in [3.63, 3.8) is 0 Å². The molecule has 0 aromatic heterocycles. The average molecular weight is 281 g/mol. The molecule has 0 aliphatic carbocycles. The van der Waals surface area contributed by atoms with Crippen LogP contribution in [0, 0.1) is 0 Å². The summed E-state index contributed by atoms with van der Waals surface area (Å²) >= 11 is 0. The summed E-state index contributed by atoms with van der Waals surface area (Å²) in [6.45, 7) is 5.42. The third kappa shape index (κ3) is 11.6. The number of ketones is 1. The van der Waals surface area contributed by atoms with Crippen molar-refractivity contribution in [3.8, 4) is 0 Å². The topological polar surface area (TPSA) is 113 Å². The highest BCUT2D eigenvalue weighted by Gasteiger charge is 2.19. The van der Waals surface area contributed by atoms with Crippen LogP contribution >= 0.6 is 7.60 Å². The smallest absolute Gasteiger partial charge is 0.407 e. The normalized spacial score (nSPS) is 12.1. The quantitative estimate of drug-likeness (QED) is 0.495. The lowest BCUT2D eigenvalue weighted by molar-refractivity contribution is -0.116. The van der Waals surface area contributed by atoms with E-state index in [1.165, 1.54) is 0 Å². The standard InChI is InChI=1S/C10H20NO6P/c1-10(2,3)17-9(13)11-6-4-5-8(12)7-18(14,15)16/h4-7H2,1-3H3,(H,11,13)(H2,14,15,16). The minimum Gasteiger partial charge on any atom is -0.444 e. The fourth-order valence-corrected chi connectivity index (χ4v) is 1.72. The Morgan fingerprint density at radius 1 is 1.28 bits per heavy atom. The molecular weight excluding hydrogens is 261 g/mol. The van der Waals surface area contributed by atoms with Gasteiger partial charge in [-0.3, -0.25) is 9.36 Å². The van der Waals surface area contributed by atoms with Gasteiger partial charge in [0.15, 0.2) is 0 Å². The van der Waals surface area contributed by atoms with Gasteiger partial charge in [0.05, 0.1) is 0 Å². The fraction of sp³-hybridized carbons (Fsp3) is 0.800. The van der Waals surface area contributed by atoms with Gasteiger partial charge in [0.25, 0.3) is 0 Å². The number of carbonyl (C=O) groups excluding carboxylic acids is 2. The van der Waals surface area contributed by atoms with Crippen molar-refractivity contribution in [1.29, 1.82) is 0 Å². The van der Waals surface area contributed by atoms with E-state index < -0.39 is 31.2 Å². The summed E-state index contributed by atoms with van der Waals surface area (Å²) in [7, 11) is -4.28. The number of hydrogen-bond donors (Lipinski definition) is 3. The van der Waals surface area contributed by atoms with Gasteiger partial charge in [0.1, 0.15) is 17.5 Å². The molecule has 0 radical (unpaired) electrons. The van der Waals surface area contributed by atoms with Gasteiger partial charge in [-0.25, -0.2) is 4.79 Å². The van der Waals surface area contributed by atoms with E-state index >= 15 is 0 Å². The number of Topliss-reactive ketones (excluding diaryl/α,β-unsaturated/α-hetero) is 1. The molecule has 0 bridgehead atoms. The minimum atomic E-state index is -4.28. The molecule has 0 saturated carbocycles. The van der Waals surface area contributed by atoms with E-state index in [4.69, 9.17) is 14.5 Å². The van der Waals surface area contributed by atoms with Crippen LogP contribution in [0.3, 0.4) is 0 Å². The summed E-state index contributed by atoms with van der Waals surface area (Å²) in [6, 6.07) is 0. The van der Waals surface area contributed by atoms with E-state index in [1.807, 2.05) is 0 Å². The highest BCUT2D eigenvalue weighted by molar-refractivity contribution is 7.52. The zero-order chi connectivity index (χ0) is 14.4. The van der Waals surface area contributed by atoms with Crippen molar-refractivity contribution in [3.05, 3.63) is 0 Å². The summed E-state index contributed by atoms with van der Waals surface area (Å²) in [5.74, 6) is -0.519. The molecule has 18 heavy (non-hydrogen) atoms. The maximum Gasteiger partial charge on any atom is 0.407 e. The van der Waals surface area contributed by atoms with Gasteiger partial charge in [-0.1, -0.05) is 0 Å². The molecule has 0 rings (SSSR count). The largest absolute Gasteiger partial charge is 0.444 e. The molecule has 3 N–H and O–H groups in total. The molecule has 0 aliphatic rings. The van der Waals surface area contributed by atoms with Crippen LogP contribution in [-0.2, 0) is 14.1 Å². The molecule has 0 heterocycles. The second-order valence-electron chi connectivity index (χ2n) is 4.89. The molecule has 0 unspecified atom stereocenters. The van der Waals surface area contributed by atoms with Gasteiger partial charge in [-0.15, -0.1) is 0 Å². The Hall–Kier alpha value is -0.910. The van der Waals surface area contributed by atoms with E-state index in [2.05, 4.69) is 5.32 Å². The first-order valence-corrected chi connectivity index (χ1v) is 7.32. The maximum absolute atomic E-state index is 11.2. The molecular formula is C10H20NO6P. The highest BCUT2D eigenvalue weighted by Crippen LogP contribution is 2.34. The van der Waals surface area contributed by atoms with E-state index in [0.717, 1.165) is 0 Å². The summed E-state index contributed by atoms with van der Waals surface area (Å²) in [4.78, 5) is 39.4. The molecule has 0 aromatic rings. The lowest BCUT2D eigenvalue weighted by Gasteiger charge is -2.19. The predicted molar refractivity (Wildman–Crippen MR) is 65.4 cm³/mol. The van der Waals surface area contributed by atoms with Crippen LogP contribution in [0.15, 0.2) is 0 Å². The number of rotatable bonds is 6. The molecule has 0 saturated heterocycles. The summed E-state index contributed by atoms with van der Waals surface area (Å²) in [5, 5.41) is 2.45. The Balaban J connectivity index is 3.72. The average Bonchev–Trinajstić information content (AvgIpc) is 2.06. The number of carbonyl (C=O) groups is 2. The molecule has 1 amide bonds. The van der Waals surface area contributed by atoms with Gasteiger partial charge in [0, 0.05) is 13.0 Å². The van der Waals surface area contributed by atoms with E-state index in [1.54, 1.807) is 20.8 Å². The van der Waals surface area contributed by atoms with Crippen molar-refractivity contribution in [1.82, 2.24) is 5.32 Å². The number of alkyl carbamates (subject to hydrolysis) is 1. The van der Waals surface area contributed by atoms with Gasteiger partial charge in [-0.05, 0) is 27.2 Å². The Morgan fingerprint density at radius 2 is 1.83 bits per heavy atom. The first-order valence-electron chi connectivity index (χ1n) is 5.53. The van der Waals surface area contributed by atoms with Crippen molar-refractivity contribution in [2.75, 3.05) is 12.7 Å². The monoisotopic (exact) mass is 281 g/mol. The van der Waals surface area contributed by atoms with Crippen LogP contribution < -0.4 is 5.32 Å².